The fourth-order valence-corrected chi connectivity index (χ4v) is 5.64. The largest absolute Gasteiger partial charge is 0.497 e. The molecule has 0 saturated carbocycles. The SMILES string of the molecule is COc1cc(C)c(S(=O)(=O)N2CCC(C(=O)c3ccccc3)CC2)c(C)c1. The summed E-state index contributed by atoms with van der Waals surface area (Å²) in [5.74, 6) is 0.623. The smallest absolute Gasteiger partial charge is 0.243 e. The van der Waals surface area contributed by atoms with E-state index >= 15 is 0 Å². The molecule has 144 valence electrons. The van der Waals surface area contributed by atoms with Crippen LogP contribution in [0.4, 0.5) is 0 Å². The van der Waals surface area contributed by atoms with Crippen LogP contribution in [0.5, 0.6) is 5.75 Å². The molecule has 0 bridgehead atoms. The van der Waals surface area contributed by atoms with Gasteiger partial charge in [-0.2, -0.15) is 4.31 Å². The van der Waals surface area contributed by atoms with Gasteiger partial charge in [0, 0.05) is 24.6 Å². The molecule has 3 rings (SSSR count). The predicted molar refractivity (Wildman–Crippen MR) is 105 cm³/mol. The zero-order chi connectivity index (χ0) is 19.6. The fraction of sp³-hybridized carbons (Fsp3) is 0.381. The van der Waals surface area contributed by atoms with Crippen molar-refractivity contribution in [2.24, 2.45) is 5.92 Å². The normalized spacial score (nSPS) is 16.3. The summed E-state index contributed by atoms with van der Waals surface area (Å²) in [6.45, 7) is 4.29. The Kier molecular flexibility index (Phi) is 5.67. The van der Waals surface area contributed by atoms with Gasteiger partial charge in [0.25, 0.3) is 0 Å². The van der Waals surface area contributed by atoms with E-state index in [9.17, 15) is 13.2 Å². The molecular formula is C21H25NO4S. The van der Waals surface area contributed by atoms with E-state index in [0.717, 1.165) is 0 Å². The molecule has 6 heteroatoms. The number of benzene rings is 2. The van der Waals surface area contributed by atoms with E-state index in [1.807, 2.05) is 30.3 Å². The lowest BCUT2D eigenvalue weighted by Crippen LogP contribution is -2.40. The Balaban J connectivity index is 1.77. The average Bonchev–Trinajstić information content (AvgIpc) is 2.67. The van der Waals surface area contributed by atoms with Crippen LogP contribution in [-0.4, -0.2) is 38.7 Å². The minimum Gasteiger partial charge on any atom is -0.497 e. The van der Waals surface area contributed by atoms with E-state index in [-0.39, 0.29) is 11.7 Å². The standard InChI is InChI=1S/C21H25NO4S/c1-15-13-19(26-3)14-16(2)21(15)27(24,25)22-11-9-18(10-12-22)20(23)17-7-5-4-6-8-17/h4-8,13-14,18H,9-12H2,1-3H3. The Hall–Kier alpha value is -2.18. The quantitative estimate of drug-likeness (QED) is 0.736. The summed E-state index contributed by atoms with van der Waals surface area (Å²) >= 11 is 0. The number of aryl methyl sites for hydroxylation is 2. The third-order valence-electron chi connectivity index (χ3n) is 5.15. The molecule has 0 atom stereocenters. The molecule has 2 aromatic rings. The number of carbonyl (C=O) groups excluding carboxylic acids is 1. The Morgan fingerprint density at radius 2 is 1.59 bits per heavy atom. The summed E-state index contributed by atoms with van der Waals surface area (Å²) in [5.41, 5.74) is 2.05. The highest BCUT2D eigenvalue weighted by atomic mass is 32.2. The van der Waals surface area contributed by atoms with Gasteiger partial charge in [0.1, 0.15) is 5.75 Å². The molecule has 1 saturated heterocycles. The molecule has 5 nitrogen and oxygen atoms in total. The first-order valence-electron chi connectivity index (χ1n) is 9.09. The first-order valence-corrected chi connectivity index (χ1v) is 10.5. The van der Waals surface area contributed by atoms with Crippen molar-refractivity contribution in [2.75, 3.05) is 20.2 Å². The van der Waals surface area contributed by atoms with Gasteiger partial charge in [0.2, 0.25) is 10.0 Å². The molecule has 0 unspecified atom stereocenters. The van der Waals surface area contributed by atoms with Crippen molar-refractivity contribution in [3.63, 3.8) is 0 Å². The monoisotopic (exact) mass is 387 g/mol. The number of carbonyl (C=O) groups is 1. The summed E-state index contributed by atoms with van der Waals surface area (Å²) in [4.78, 5) is 13.0. The average molecular weight is 388 g/mol. The van der Waals surface area contributed by atoms with E-state index < -0.39 is 10.0 Å². The molecule has 0 aromatic heterocycles. The van der Waals surface area contributed by atoms with Crippen LogP contribution in [0.2, 0.25) is 0 Å². The molecule has 1 aliphatic heterocycles. The molecule has 0 aliphatic carbocycles. The number of methoxy groups -OCH3 is 1. The van der Waals surface area contributed by atoms with Gasteiger partial charge in [-0.3, -0.25) is 4.79 Å². The predicted octanol–water partition coefficient (Wildman–Crippen LogP) is 3.60. The second-order valence-electron chi connectivity index (χ2n) is 7.00. The number of sulfonamides is 1. The minimum atomic E-state index is -3.60. The van der Waals surface area contributed by atoms with E-state index in [4.69, 9.17) is 4.74 Å². The second-order valence-corrected chi connectivity index (χ2v) is 8.87. The molecule has 0 radical (unpaired) electrons. The molecule has 0 spiro atoms. The maximum atomic E-state index is 13.2. The van der Waals surface area contributed by atoms with Crippen LogP contribution in [-0.2, 0) is 10.0 Å². The van der Waals surface area contributed by atoms with Crippen LogP contribution in [0.25, 0.3) is 0 Å². The number of rotatable bonds is 5. The Morgan fingerprint density at radius 3 is 2.11 bits per heavy atom. The van der Waals surface area contributed by atoms with Gasteiger partial charge in [0.15, 0.2) is 5.78 Å². The van der Waals surface area contributed by atoms with Gasteiger partial charge in [-0.05, 0) is 49.9 Å². The van der Waals surface area contributed by atoms with Crippen molar-refractivity contribution >= 4 is 15.8 Å². The summed E-state index contributed by atoms with van der Waals surface area (Å²) in [5, 5.41) is 0. The van der Waals surface area contributed by atoms with Crippen molar-refractivity contribution in [3.8, 4) is 5.75 Å². The van der Waals surface area contributed by atoms with Gasteiger partial charge in [-0.15, -0.1) is 0 Å². The third-order valence-corrected chi connectivity index (χ3v) is 7.36. The highest BCUT2D eigenvalue weighted by Crippen LogP contribution is 2.31. The number of nitrogens with zero attached hydrogens (tertiary/aromatic N) is 1. The molecule has 1 heterocycles. The summed E-state index contributed by atoms with van der Waals surface area (Å²) < 4.78 is 33.1. The number of ether oxygens (including phenoxy) is 1. The van der Waals surface area contributed by atoms with Gasteiger partial charge in [0.05, 0.1) is 12.0 Å². The Labute approximate surface area is 161 Å². The van der Waals surface area contributed by atoms with Crippen LogP contribution in [0.15, 0.2) is 47.4 Å². The molecule has 0 amide bonds. The molecular weight excluding hydrogens is 362 g/mol. The molecule has 27 heavy (non-hydrogen) atoms. The van der Waals surface area contributed by atoms with Crippen LogP contribution >= 0.6 is 0 Å². The summed E-state index contributed by atoms with van der Waals surface area (Å²) in [6.07, 6.45) is 1.09. The lowest BCUT2D eigenvalue weighted by Gasteiger charge is -2.31. The molecule has 1 fully saturated rings. The van der Waals surface area contributed by atoms with Crippen molar-refractivity contribution in [2.45, 2.75) is 31.6 Å². The van der Waals surface area contributed by atoms with E-state index in [0.29, 0.717) is 53.3 Å². The van der Waals surface area contributed by atoms with Gasteiger partial charge < -0.3 is 4.74 Å². The lowest BCUT2D eigenvalue weighted by atomic mass is 9.90. The molecule has 1 aliphatic rings. The highest BCUT2D eigenvalue weighted by Gasteiger charge is 2.34. The maximum absolute atomic E-state index is 13.2. The minimum absolute atomic E-state index is 0.101. The van der Waals surface area contributed by atoms with Crippen molar-refractivity contribution < 1.29 is 17.9 Å². The highest BCUT2D eigenvalue weighted by molar-refractivity contribution is 7.89. The first kappa shape index (κ1) is 19.6. The Bertz CT molecular complexity index is 907. The van der Waals surface area contributed by atoms with Gasteiger partial charge in [-0.1, -0.05) is 30.3 Å². The maximum Gasteiger partial charge on any atom is 0.243 e. The Morgan fingerprint density at radius 1 is 1.04 bits per heavy atom. The number of hydrogen-bond donors (Lipinski definition) is 0. The zero-order valence-corrected chi connectivity index (χ0v) is 16.8. The lowest BCUT2D eigenvalue weighted by molar-refractivity contribution is 0.0875. The summed E-state index contributed by atoms with van der Waals surface area (Å²) in [7, 11) is -2.03. The van der Waals surface area contributed by atoms with Gasteiger partial charge in [-0.25, -0.2) is 8.42 Å². The van der Waals surface area contributed by atoms with Crippen LogP contribution < -0.4 is 4.74 Å². The first-order chi connectivity index (χ1) is 12.8. The number of Topliss-reactive ketones (excluding diaryl/α,β-unsaturated/α-hetero) is 1. The summed E-state index contributed by atoms with van der Waals surface area (Å²) in [6, 6.07) is 12.7. The number of ketones is 1. The topological polar surface area (TPSA) is 63.7 Å². The van der Waals surface area contributed by atoms with Crippen molar-refractivity contribution in [1.29, 1.82) is 0 Å². The second kappa shape index (κ2) is 7.82. The zero-order valence-electron chi connectivity index (χ0n) is 15.9. The number of hydrogen-bond acceptors (Lipinski definition) is 4. The van der Waals surface area contributed by atoms with E-state index in [1.54, 1.807) is 33.1 Å². The van der Waals surface area contributed by atoms with Crippen molar-refractivity contribution in [1.82, 2.24) is 4.31 Å². The molecule has 2 aromatic carbocycles. The fourth-order valence-electron chi connectivity index (χ4n) is 3.76. The number of piperidine rings is 1. The third kappa shape index (κ3) is 3.92. The molecule has 0 N–H and O–H groups in total. The van der Waals surface area contributed by atoms with Gasteiger partial charge >= 0.3 is 0 Å². The van der Waals surface area contributed by atoms with Crippen molar-refractivity contribution in [3.05, 3.63) is 59.2 Å². The van der Waals surface area contributed by atoms with Crippen LogP contribution in [0.1, 0.15) is 34.3 Å². The van der Waals surface area contributed by atoms with E-state index in [2.05, 4.69) is 0 Å². The van der Waals surface area contributed by atoms with E-state index in [1.165, 1.54) is 4.31 Å². The van der Waals surface area contributed by atoms with Crippen LogP contribution in [0.3, 0.4) is 0 Å². The van der Waals surface area contributed by atoms with Crippen LogP contribution in [0, 0.1) is 19.8 Å².